The fourth-order valence-electron chi connectivity index (χ4n) is 1.79. The van der Waals surface area contributed by atoms with E-state index in [1.807, 2.05) is 6.92 Å². The SMILES string of the molecule is CCc1ccc(C(C)NC(=O)CNCCOC)cc1. The summed E-state index contributed by atoms with van der Waals surface area (Å²) in [7, 11) is 1.64. The summed E-state index contributed by atoms with van der Waals surface area (Å²) < 4.78 is 4.90. The van der Waals surface area contributed by atoms with Gasteiger partial charge in [0.1, 0.15) is 0 Å². The highest BCUT2D eigenvalue weighted by molar-refractivity contribution is 5.78. The van der Waals surface area contributed by atoms with E-state index in [0.29, 0.717) is 19.7 Å². The summed E-state index contributed by atoms with van der Waals surface area (Å²) in [5, 5.41) is 5.99. The van der Waals surface area contributed by atoms with Crippen LogP contribution in [0.25, 0.3) is 0 Å². The Bertz CT molecular complexity index is 376. The fraction of sp³-hybridized carbons (Fsp3) is 0.533. The molecule has 1 aromatic carbocycles. The van der Waals surface area contributed by atoms with Gasteiger partial charge in [0.05, 0.1) is 19.2 Å². The van der Waals surface area contributed by atoms with Gasteiger partial charge in [0.15, 0.2) is 0 Å². The monoisotopic (exact) mass is 264 g/mol. The molecule has 2 N–H and O–H groups in total. The molecule has 19 heavy (non-hydrogen) atoms. The van der Waals surface area contributed by atoms with Gasteiger partial charge >= 0.3 is 0 Å². The maximum absolute atomic E-state index is 11.7. The normalized spacial score (nSPS) is 12.2. The van der Waals surface area contributed by atoms with E-state index in [-0.39, 0.29) is 11.9 Å². The topological polar surface area (TPSA) is 50.4 Å². The van der Waals surface area contributed by atoms with Crippen LogP contribution < -0.4 is 10.6 Å². The molecule has 0 aliphatic carbocycles. The summed E-state index contributed by atoms with van der Waals surface area (Å²) in [5.41, 5.74) is 2.44. The third-order valence-electron chi connectivity index (χ3n) is 3.03. The minimum Gasteiger partial charge on any atom is -0.383 e. The van der Waals surface area contributed by atoms with Gasteiger partial charge in [-0.3, -0.25) is 4.79 Å². The van der Waals surface area contributed by atoms with Crippen molar-refractivity contribution in [1.82, 2.24) is 10.6 Å². The first-order valence-corrected chi connectivity index (χ1v) is 6.75. The second-order valence-electron chi connectivity index (χ2n) is 4.55. The van der Waals surface area contributed by atoms with Gasteiger partial charge in [-0.1, -0.05) is 31.2 Å². The van der Waals surface area contributed by atoms with Gasteiger partial charge in [-0.05, 0) is 24.5 Å². The molecule has 106 valence electrons. The number of nitrogens with one attached hydrogen (secondary N) is 2. The number of ether oxygens (including phenoxy) is 1. The minimum absolute atomic E-state index is 0.00294. The summed E-state index contributed by atoms with van der Waals surface area (Å²) in [6, 6.07) is 8.39. The molecule has 1 unspecified atom stereocenters. The average Bonchev–Trinajstić information content (AvgIpc) is 2.43. The van der Waals surface area contributed by atoms with Crippen molar-refractivity contribution < 1.29 is 9.53 Å². The number of aryl methyl sites for hydroxylation is 1. The van der Waals surface area contributed by atoms with Crippen molar-refractivity contribution in [2.45, 2.75) is 26.3 Å². The van der Waals surface area contributed by atoms with Crippen LogP contribution in [0.2, 0.25) is 0 Å². The van der Waals surface area contributed by atoms with Crippen molar-refractivity contribution in [3.8, 4) is 0 Å². The molecular weight excluding hydrogens is 240 g/mol. The van der Waals surface area contributed by atoms with Crippen molar-refractivity contribution in [3.05, 3.63) is 35.4 Å². The van der Waals surface area contributed by atoms with E-state index in [4.69, 9.17) is 4.74 Å². The van der Waals surface area contributed by atoms with Crippen LogP contribution in [0.15, 0.2) is 24.3 Å². The second kappa shape index (κ2) is 8.67. The molecule has 1 amide bonds. The number of carbonyl (C=O) groups is 1. The van der Waals surface area contributed by atoms with Gasteiger partial charge in [-0.25, -0.2) is 0 Å². The Labute approximate surface area is 115 Å². The average molecular weight is 264 g/mol. The van der Waals surface area contributed by atoms with Gasteiger partial charge < -0.3 is 15.4 Å². The Morgan fingerprint density at radius 3 is 2.58 bits per heavy atom. The number of amides is 1. The molecule has 4 nitrogen and oxygen atoms in total. The number of hydrogen-bond donors (Lipinski definition) is 2. The molecule has 0 spiro atoms. The Morgan fingerprint density at radius 2 is 2.00 bits per heavy atom. The van der Waals surface area contributed by atoms with Crippen LogP contribution >= 0.6 is 0 Å². The Kier molecular flexibility index (Phi) is 7.15. The first-order chi connectivity index (χ1) is 9.17. The quantitative estimate of drug-likeness (QED) is 0.702. The lowest BCUT2D eigenvalue weighted by molar-refractivity contribution is -0.120. The molecule has 0 fully saturated rings. The summed E-state index contributed by atoms with van der Waals surface area (Å²) in [5.74, 6) is 0.00294. The predicted octanol–water partition coefficient (Wildman–Crippen LogP) is 1.66. The first-order valence-electron chi connectivity index (χ1n) is 6.75. The maximum atomic E-state index is 11.7. The molecule has 1 aromatic rings. The van der Waals surface area contributed by atoms with Gasteiger partial charge in [0.25, 0.3) is 0 Å². The Morgan fingerprint density at radius 1 is 1.32 bits per heavy atom. The Hall–Kier alpha value is -1.39. The van der Waals surface area contributed by atoms with Crippen LogP contribution in [0, 0.1) is 0 Å². The van der Waals surface area contributed by atoms with Gasteiger partial charge in [0, 0.05) is 13.7 Å². The standard InChI is InChI=1S/C15H24N2O2/c1-4-13-5-7-14(8-6-13)12(2)17-15(18)11-16-9-10-19-3/h5-8,12,16H,4,9-11H2,1-3H3,(H,17,18). The van der Waals surface area contributed by atoms with Crippen LogP contribution in [-0.4, -0.2) is 32.7 Å². The molecule has 0 saturated heterocycles. The van der Waals surface area contributed by atoms with E-state index in [0.717, 1.165) is 12.0 Å². The van der Waals surface area contributed by atoms with Crippen molar-refractivity contribution in [2.75, 3.05) is 26.8 Å². The molecule has 0 aliphatic rings. The molecule has 4 heteroatoms. The third-order valence-corrected chi connectivity index (χ3v) is 3.03. The number of benzene rings is 1. The third kappa shape index (κ3) is 5.85. The molecule has 1 atom stereocenters. The van der Waals surface area contributed by atoms with Gasteiger partial charge in [-0.15, -0.1) is 0 Å². The maximum Gasteiger partial charge on any atom is 0.234 e. The molecule has 0 saturated carbocycles. The lowest BCUT2D eigenvalue weighted by Gasteiger charge is -2.15. The smallest absolute Gasteiger partial charge is 0.234 e. The van der Waals surface area contributed by atoms with Gasteiger partial charge in [0.2, 0.25) is 5.91 Å². The van der Waals surface area contributed by atoms with Crippen molar-refractivity contribution in [2.24, 2.45) is 0 Å². The summed E-state index contributed by atoms with van der Waals surface area (Å²) in [4.78, 5) is 11.7. The predicted molar refractivity (Wildman–Crippen MR) is 77.1 cm³/mol. The van der Waals surface area contributed by atoms with E-state index in [9.17, 15) is 4.79 Å². The van der Waals surface area contributed by atoms with Crippen molar-refractivity contribution in [3.63, 3.8) is 0 Å². The van der Waals surface area contributed by atoms with Crippen LogP contribution in [-0.2, 0) is 16.0 Å². The lowest BCUT2D eigenvalue weighted by Crippen LogP contribution is -2.36. The summed E-state index contributed by atoms with van der Waals surface area (Å²) >= 11 is 0. The molecule has 1 rings (SSSR count). The van der Waals surface area contributed by atoms with E-state index >= 15 is 0 Å². The van der Waals surface area contributed by atoms with Crippen molar-refractivity contribution in [1.29, 1.82) is 0 Å². The zero-order valence-electron chi connectivity index (χ0n) is 12.0. The van der Waals surface area contributed by atoms with Crippen LogP contribution in [0.3, 0.4) is 0 Å². The zero-order chi connectivity index (χ0) is 14.1. The molecule has 0 aromatic heterocycles. The first kappa shape index (κ1) is 15.7. The van der Waals surface area contributed by atoms with E-state index in [1.165, 1.54) is 5.56 Å². The fourth-order valence-corrected chi connectivity index (χ4v) is 1.79. The highest BCUT2D eigenvalue weighted by Gasteiger charge is 2.08. The largest absolute Gasteiger partial charge is 0.383 e. The van der Waals surface area contributed by atoms with Gasteiger partial charge in [-0.2, -0.15) is 0 Å². The number of rotatable bonds is 8. The highest BCUT2D eigenvalue weighted by atomic mass is 16.5. The highest BCUT2D eigenvalue weighted by Crippen LogP contribution is 2.13. The molecule has 0 aliphatic heterocycles. The Balaban J connectivity index is 2.36. The van der Waals surface area contributed by atoms with Crippen LogP contribution in [0.4, 0.5) is 0 Å². The number of methoxy groups -OCH3 is 1. The van der Waals surface area contributed by atoms with E-state index in [2.05, 4.69) is 41.8 Å². The molecule has 0 radical (unpaired) electrons. The molecule has 0 bridgehead atoms. The minimum atomic E-state index is 0.00294. The van der Waals surface area contributed by atoms with Crippen molar-refractivity contribution >= 4 is 5.91 Å². The van der Waals surface area contributed by atoms with Crippen LogP contribution in [0.1, 0.15) is 31.0 Å². The van der Waals surface area contributed by atoms with Crippen LogP contribution in [0.5, 0.6) is 0 Å². The van der Waals surface area contributed by atoms with E-state index < -0.39 is 0 Å². The van der Waals surface area contributed by atoms with E-state index in [1.54, 1.807) is 7.11 Å². The molecular formula is C15H24N2O2. The molecule has 0 heterocycles. The zero-order valence-corrected chi connectivity index (χ0v) is 12.0. The lowest BCUT2D eigenvalue weighted by atomic mass is 10.1. The summed E-state index contributed by atoms with van der Waals surface area (Å²) in [6.45, 7) is 5.74. The number of carbonyl (C=O) groups excluding carboxylic acids is 1. The summed E-state index contributed by atoms with van der Waals surface area (Å²) in [6.07, 6.45) is 1.03. The second-order valence-corrected chi connectivity index (χ2v) is 4.55. The number of hydrogen-bond acceptors (Lipinski definition) is 3.